The summed E-state index contributed by atoms with van der Waals surface area (Å²) in [5.41, 5.74) is 0. The van der Waals surface area contributed by atoms with Crippen molar-refractivity contribution < 1.29 is 4.74 Å². The summed E-state index contributed by atoms with van der Waals surface area (Å²) in [7, 11) is 6.09. The van der Waals surface area contributed by atoms with Crippen molar-refractivity contribution in [2.24, 2.45) is 5.92 Å². The number of nitrogens with one attached hydrogen (secondary N) is 1. The summed E-state index contributed by atoms with van der Waals surface area (Å²) < 4.78 is 5.00. The molecule has 1 N–H and O–H groups in total. The smallest absolute Gasteiger partial charge is 0.0587 e. The van der Waals surface area contributed by atoms with E-state index < -0.39 is 0 Å². The quantitative estimate of drug-likeness (QED) is 0.628. The van der Waals surface area contributed by atoms with Crippen molar-refractivity contribution in [3.63, 3.8) is 0 Å². The molecule has 4 nitrogen and oxygen atoms in total. The minimum atomic E-state index is 0.810. The Hall–Kier alpha value is -0.160. The van der Waals surface area contributed by atoms with E-state index >= 15 is 0 Å². The predicted molar refractivity (Wildman–Crippen MR) is 72.5 cm³/mol. The van der Waals surface area contributed by atoms with Gasteiger partial charge in [0.15, 0.2) is 0 Å². The molecule has 0 aliphatic carbocycles. The molecule has 0 unspecified atom stereocenters. The largest absolute Gasteiger partial charge is 0.383 e. The SMILES string of the molecule is COCCNCCN1CCC(CN(C)C)CC1. The van der Waals surface area contributed by atoms with Gasteiger partial charge in [0, 0.05) is 33.3 Å². The summed E-state index contributed by atoms with van der Waals surface area (Å²) >= 11 is 0. The zero-order valence-electron chi connectivity index (χ0n) is 11.7. The topological polar surface area (TPSA) is 27.7 Å². The standard InChI is InChI=1S/C13H29N3O/c1-15(2)12-13-4-8-16(9-5-13)10-6-14-7-11-17-3/h13-14H,4-12H2,1-3H3. The fourth-order valence-electron chi connectivity index (χ4n) is 2.45. The van der Waals surface area contributed by atoms with Crippen LogP contribution in [-0.2, 0) is 4.74 Å². The maximum Gasteiger partial charge on any atom is 0.0587 e. The molecule has 0 saturated carbocycles. The molecule has 0 aromatic carbocycles. The summed E-state index contributed by atoms with van der Waals surface area (Å²) in [4.78, 5) is 4.89. The number of ether oxygens (including phenoxy) is 1. The lowest BCUT2D eigenvalue weighted by atomic mass is 9.96. The Labute approximate surface area is 106 Å². The summed E-state index contributed by atoms with van der Waals surface area (Å²) in [6.45, 7) is 7.83. The van der Waals surface area contributed by atoms with Gasteiger partial charge >= 0.3 is 0 Å². The van der Waals surface area contributed by atoms with Gasteiger partial charge < -0.3 is 19.9 Å². The molecular formula is C13H29N3O. The molecule has 1 fully saturated rings. The molecule has 0 radical (unpaired) electrons. The van der Waals surface area contributed by atoms with Gasteiger partial charge in [-0.05, 0) is 45.9 Å². The van der Waals surface area contributed by atoms with E-state index in [1.165, 1.54) is 39.0 Å². The summed E-state index contributed by atoms with van der Waals surface area (Å²) in [6.07, 6.45) is 2.71. The Kier molecular flexibility index (Phi) is 7.77. The van der Waals surface area contributed by atoms with Crippen LogP contribution in [0.4, 0.5) is 0 Å². The number of nitrogens with zero attached hydrogens (tertiary/aromatic N) is 2. The van der Waals surface area contributed by atoms with Crippen molar-refractivity contribution in [3.8, 4) is 0 Å². The zero-order chi connectivity index (χ0) is 12.5. The van der Waals surface area contributed by atoms with Crippen LogP contribution in [0.3, 0.4) is 0 Å². The molecule has 4 heteroatoms. The number of likely N-dealkylation sites (tertiary alicyclic amines) is 1. The van der Waals surface area contributed by atoms with E-state index in [9.17, 15) is 0 Å². The Balaban J connectivity index is 1.99. The molecular weight excluding hydrogens is 214 g/mol. The van der Waals surface area contributed by atoms with Crippen LogP contribution in [0.2, 0.25) is 0 Å². The molecule has 0 amide bonds. The molecule has 0 bridgehead atoms. The van der Waals surface area contributed by atoms with E-state index in [1.807, 2.05) is 0 Å². The van der Waals surface area contributed by atoms with E-state index in [2.05, 4.69) is 29.2 Å². The van der Waals surface area contributed by atoms with Gasteiger partial charge in [-0.15, -0.1) is 0 Å². The first-order chi connectivity index (χ1) is 8.22. The molecule has 1 aliphatic rings. The molecule has 1 saturated heterocycles. The first-order valence-corrected chi connectivity index (χ1v) is 6.79. The van der Waals surface area contributed by atoms with Crippen molar-refractivity contribution in [2.45, 2.75) is 12.8 Å². The zero-order valence-corrected chi connectivity index (χ0v) is 11.7. The van der Waals surface area contributed by atoms with Crippen LogP contribution >= 0.6 is 0 Å². The van der Waals surface area contributed by atoms with Crippen molar-refractivity contribution in [2.75, 3.05) is 67.1 Å². The fourth-order valence-corrected chi connectivity index (χ4v) is 2.45. The Bertz CT molecular complexity index is 180. The second-order valence-corrected chi connectivity index (χ2v) is 5.29. The molecule has 1 rings (SSSR count). The van der Waals surface area contributed by atoms with E-state index in [4.69, 9.17) is 4.74 Å². The summed E-state index contributed by atoms with van der Waals surface area (Å²) in [5, 5.41) is 3.40. The Morgan fingerprint density at radius 2 is 1.94 bits per heavy atom. The molecule has 1 aliphatic heterocycles. The lowest BCUT2D eigenvalue weighted by Gasteiger charge is -2.33. The average molecular weight is 243 g/mol. The monoisotopic (exact) mass is 243 g/mol. The number of hydrogen-bond donors (Lipinski definition) is 1. The van der Waals surface area contributed by atoms with Gasteiger partial charge in [0.1, 0.15) is 0 Å². The predicted octanol–water partition coefficient (Wildman–Crippen LogP) is 0.496. The highest BCUT2D eigenvalue weighted by Crippen LogP contribution is 2.16. The van der Waals surface area contributed by atoms with Gasteiger partial charge in [-0.2, -0.15) is 0 Å². The number of rotatable bonds is 8. The third-order valence-corrected chi connectivity index (χ3v) is 3.42. The molecule has 102 valence electrons. The highest BCUT2D eigenvalue weighted by molar-refractivity contribution is 4.74. The van der Waals surface area contributed by atoms with Crippen LogP contribution in [0.15, 0.2) is 0 Å². The van der Waals surface area contributed by atoms with Crippen LogP contribution in [0.25, 0.3) is 0 Å². The van der Waals surface area contributed by atoms with Crippen LogP contribution in [0.1, 0.15) is 12.8 Å². The van der Waals surface area contributed by atoms with Crippen molar-refractivity contribution in [3.05, 3.63) is 0 Å². The molecule has 0 atom stereocenters. The van der Waals surface area contributed by atoms with Gasteiger partial charge in [0.05, 0.1) is 6.61 Å². The first-order valence-electron chi connectivity index (χ1n) is 6.79. The third-order valence-electron chi connectivity index (χ3n) is 3.42. The summed E-state index contributed by atoms with van der Waals surface area (Å²) in [6, 6.07) is 0. The normalized spacial score (nSPS) is 19.1. The van der Waals surface area contributed by atoms with Gasteiger partial charge in [-0.3, -0.25) is 0 Å². The van der Waals surface area contributed by atoms with Gasteiger partial charge in [0.2, 0.25) is 0 Å². The lowest BCUT2D eigenvalue weighted by molar-refractivity contribution is 0.160. The third kappa shape index (κ3) is 6.99. The van der Waals surface area contributed by atoms with E-state index in [0.29, 0.717) is 0 Å². The molecule has 17 heavy (non-hydrogen) atoms. The Morgan fingerprint density at radius 3 is 2.53 bits per heavy atom. The highest BCUT2D eigenvalue weighted by atomic mass is 16.5. The van der Waals surface area contributed by atoms with Crippen LogP contribution < -0.4 is 5.32 Å². The number of hydrogen-bond acceptors (Lipinski definition) is 4. The van der Waals surface area contributed by atoms with Gasteiger partial charge in [-0.25, -0.2) is 0 Å². The van der Waals surface area contributed by atoms with Crippen LogP contribution in [-0.4, -0.2) is 76.9 Å². The Morgan fingerprint density at radius 1 is 1.24 bits per heavy atom. The lowest BCUT2D eigenvalue weighted by Crippen LogP contribution is -2.40. The highest BCUT2D eigenvalue weighted by Gasteiger charge is 2.18. The number of piperidine rings is 1. The second-order valence-electron chi connectivity index (χ2n) is 5.29. The van der Waals surface area contributed by atoms with E-state index in [0.717, 1.165) is 25.6 Å². The fraction of sp³-hybridized carbons (Fsp3) is 1.00. The van der Waals surface area contributed by atoms with Crippen LogP contribution in [0, 0.1) is 5.92 Å². The second kappa shape index (κ2) is 8.86. The van der Waals surface area contributed by atoms with Gasteiger partial charge in [0.25, 0.3) is 0 Å². The van der Waals surface area contributed by atoms with E-state index in [-0.39, 0.29) is 0 Å². The molecule has 0 aromatic rings. The minimum Gasteiger partial charge on any atom is -0.383 e. The molecule has 1 heterocycles. The van der Waals surface area contributed by atoms with Crippen molar-refractivity contribution >= 4 is 0 Å². The van der Waals surface area contributed by atoms with Crippen molar-refractivity contribution in [1.82, 2.24) is 15.1 Å². The van der Waals surface area contributed by atoms with Crippen LogP contribution in [0.5, 0.6) is 0 Å². The van der Waals surface area contributed by atoms with E-state index in [1.54, 1.807) is 7.11 Å². The molecule has 0 spiro atoms. The average Bonchev–Trinajstić information content (AvgIpc) is 2.30. The number of methoxy groups -OCH3 is 1. The minimum absolute atomic E-state index is 0.810. The maximum absolute atomic E-state index is 5.00. The van der Waals surface area contributed by atoms with Crippen molar-refractivity contribution in [1.29, 1.82) is 0 Å². The summed E-state index contributed by atoms with van der Waals surface area (Å²) in [5.74, 6) is 0.905. The first kappa shape index (κ1) is 14.9. The molecule has 0 aromatic heterocycles. The van der Waals surface area contributed by atoms with Gasteiger partial charge in [-0.1, -0.05) is 0 Å². The maximum atomic E-state index is 5.00.